The average molecular weight is 414 g/mol. The molecular weight excluding hydrogens is 398 g/mol. The van der Waals surface area contributed by atoms with E-state index < -0.39 is 6.61 Å². The van der Waals surface area contributed by atoms with E-state index in [4.69, 9.17) is 21.4 Å². The maximum Gasteiger partial charge on any atom is 0.387 e. The van der Waals surface area contributed by atoms with E-state index in [9.17, 15) is 8.78 Å². The van der Waals surface area contributed by atoms with Crippen LogP contribution in [0, 0.1) is 0 Å². The zero-order valence-corrected chi connectivity index (χ0v) is 16.1. The monoisotopic (exact) mass is 414 g/mol. The molecule has 5 nitrogen and oxygen atoms in total. The lowest BCUT2D eigenvalue weighted by Gasteiger charge is -2.14. The molecule has 0 aliphatic rings. The highest BCUT2D eigenvalue weighted by Crippen LogP contribution is 2.36. The Morgan fingerprint density at radius 3 is 2.45 bits per heavy atom. The van der Waals surface area contributed by atoms with E-state index in [1.807, 2.05) is 36.4 Å². The highest BCUT2D eigenvalue weighted by molar-refractivity contribution is 7.80. The first-order chi connectivity index (χ1) is 14.0. The molecule has 3 aromatic carbocycles. The van der Waals surface area contributed by atoms with E-state index in [0.717, 1.165) is 16.4 Å². The second-order valence-electron chi connectivity index (χ2n) is 6.13. The molecule has 148 valence electrons. The number of hydrogen-bond donors (Lipinski definition) is 2. The van der Waals surface area contributed by atoms with Crippen LogP contribution in [-0.4, -0.2) is 18.8 Å². The average Bonchev–Trinajstić information content (AvgIpc) is 3.05. The van der Waals surface area contributed by atoms with Gasteiger partial charge >= 0.3 is 6.61 Å². The number of fused-ring (bicyclic) bond motifs is 3. The highest BCUT2D eigenvalue weighted by atomic mass is 32.1. The number of rotatable bonds is 5. The van der Waals surface area contributed by atoms with E-state index in [2.05, 4.69) is 15.4 Å². The lowest BCUT2D eigenvalue weighted by Crippen LogP contribution is -2.19. The van der Waals surface area contributed by atoms with Crippen LogP contribution in [0.3, 0.4) is 0 Å². The molecule has 4 rings (SSSR count). The fourth-order valence-electron chi connectivity index (χ4n) is 3.02. The van der Waals surface area contributed by atoms with Gasteiger partial charge in [0.2, 0.25) is 0 Å². The Kier molecular flexibility index (Phi) is 5.18. The molecule has 0 aliphatic heterocycles. The lowest BCUT2D eigenvalue weighted by atomic mass is 10.1. The molecule has 1 heterocycles. The normalized spacial score (nSPS) is 11.0. The van der Waals surface area contributed by atoms with Gasteiger partial charge in [0.05, 0.1) is 12.8 Å². The molecule has 0 atom stereocenters. The maximum atomic E-state index is 12.2. The summed E-state index contributed by atoms with van der Waals surface area (Å²) in [6.07, 6.45) is 0. The molecule has 0 saturated carbocycles. The van der Waals surface area contributed by atoms with E-state index in [1.165, 1.54) is 12.1 Å². The Labute approximate surface area is 170 Å². The molecule has 0 unspecified atom stereocenters. The van der Waals surface area contributed by atoms with Crippen molar-refractivity contribution in [2.45, 2.75) is 6.61 Å². The van der Waals surface area contributed by atoms with Gasteiger partial charge in [-0.25, -0.2) is 0 Å². The van der Waals surface area contributed by atoms with Gasteiger partial charge in [-0.1, -0.05) is 18.2 Å². The summed E-state index contributed by atoms with van der Waals surface area (Å²) in [5.41, 5.74) is 2.74. The number of ether oxygens (including phenoxy) is 2. The first kappa shape index (κ1) is 18.9. The summed E-state index contributed by atoms with van der Waals surface area (Å²) >= 11 is 5.36. The van der Waals surface area contributed by atoms with Crippen LogP contribution in [-0.2, 0) is 0 Å². The molecule has 0 aliphatic carbocycles. The summed E-state index contributed by atoms with van der Waals surface area (Å²) in [4.78, 5) is 0. The van der Waals surface area contributed by atoms with Gasteiger partial charge in [-0.15, -0.1) is 0 Å². The smallest absolute Gasteiger partial charge is 0.387 e. The van der Waals surface area contributed by atoms with Crippen LogP contribution in [0.25, 0.3) is 21.9 Å². The van der Waals surface area contributed by atoms with Crippen LogP contribution in [0.4, 0.5) is 20.2 Å². The molecule has 1 aromatic heterocycles. The van der Waals surface area contributed by atoms with Crippen LogP contribution in [0.15, 0.2) is 65.1 Å². The predicted octanol–water partition coefficient (Wildman–Crippen LogP) is 6.00. The highest BCUT2D eigenvalue weighted by Gasteiger charge is 2.13. The minimum absolute atomic E-state index is 0.0708. The topological polar surface area (TPSA) is 55.7 Å². The Morgan fingerprint density at radius 2 is 1.72 bits per heavy atom. The SMILES string of the molecule is COc1cc2c(cc1NC(=S)Nc1ccc(OC(F)F)cc1)oc1ccccc12. The molecular formula is C21H16F2N2O3S. The van der Waals surface area contributed by atoms with Crippen molar-refractivity contribution in [1.82, 2.24) is 0 Å². The molecule has 2 N–H and O–H groups in total. The van der Waals surface area contributed by atoms with Crippen LogP contribution in [0.2, 0.25) is 0 Å². The quantitative estimate of drug-likeness (QED) is 0.391. The number of alkyl halides is 2. The van der Waals surface area contributed by atoms with E-state index in [1.54, 1.807) is 19.2 Å². The van der Waals surface area contributed by atoms with Gasteiger partial charge in [-0.3, -0.25) is 0 Å². The molecule has 29 heavy (non-hydrogen) atoms. The van der Waals surface area contributed by atoms with Gasteiger partial charge in [0, 0.05) is 22.5 Å². The van der Waals surface area contributed by atoms with Gasteiger partial charge in [0.25, 0.3) is 0 Å². The van der Waals surface area contributed by atoms with Crippen molar-refractivity contribution < 1.29 is 22.7 Å². The Morgan fingerprint density at radius 1 is 0.966 bits per heavy atom. The Balaban J connectivity index is 1.55. The number of thiocarbonyl (C=S) groups is 1. The minimum atomic E-state index is -2.86. The first-order valence-corrected chi connectivity index (χ1v) is 9.06. The number of anilines is 2. The number of para-hydroxylation sites is 1. The lowest BCUT2D eigenvalue weighted by molar-refractivity contribution is -0.0498. The van der Waals surface area contributed by atoms with Crippen molar-refractivity contribution in [2.75, 3.05) is 17.7 Å². The van der Waals surface area contributed by atoms with Gasteiger partial charge in [-0.2, -0.15) is 8.78 Å². The fraction of sp³-hybridized carbons (Fsp3) is 0.0952. The molecule has 0 fully saturated rings. The summed E-state index contributed by atoms with van der Waals surface area (Å²) in [6.45, 7) is -2.86. The third-order valence-corrected chi connectivity index (χ3v) is 4.49. The number of halogens is 2. The molecule has 4 aromatic rings. The van der Waals surface area contributed by atoms with Crippen molar-refractivity contribution in [3.8, 4) is 11.5 Å². The van der Waals surface area contributed by atoms with Gasteiger partial charge in [0.15, 0.2) is 5.11 Å². The predicted molar refractivity (Wildman–Crippen MR) is 113 cm³/mol. The molecule has 0 saturated heterocycles. The third-order valence-electron chi connectivity index (χ3n) is 4.28. The zero-order valence-electron chi connectivity index (χ0n) is 15.2. The number of hydrogen-bond acceptors (Lipinski definition) is 4. The van der Waals surface area contributed by atoms with Crippen molar-refractivity contribution >= 4 is 50.6 Å². The second kappa shape index (κ2) is 7.92. The Hall–Kier alpha value is -3.39. The molecule has 0 radical (unpaired) electrons. The zero-order chi connectivity index (χ0) is 20.4. The Bertz CT molecular complexity index is 1180. The molecule has 0 bridgehead atoms. The van der Waals surface area contributed by atoms with Crippen LogP contribution in [0.5, 0.6) is 11.5 Å². The van der Waals surface area contributed by atoms with Crippen LogP contribution < -0.4 is 20.1 Å². The molecule has 8 heteroatoms. The summed E-state index contributed by atoms with van der Waals surface area (Å²) < 4.78 is 40.2. The van der Waals surface area contributed by atoms with Gasteiger partial charge < -0.3 is 24.5 Å². The van der Waals surface area contributed by atoms with E-state index >= 15 is 0 Å². The largest absolute Gasteiger partial charge is 0.495 e. The number of methoxy groups -OCH3 is 1. The van der Waals surface area contributed by atoms with Gasteiger partial charge in [0.1, 0.15) is 22.7 Å². The van der Waals surface area contributed by atoms with Crippen LogP contribution >= 0.6 is 12.2 Å². The van der Waals surface area contributed by atoms with Crippen molar-refractivity contribution in [3.63, 3.8) is 0 Å². The summed E-state index contributed by atoms with van der Waals surface area (Å²) in [5, 5.41) is 8.31. The summed E-state index contributed by atoms with van der Waals surface area (Å²) in [6, 6.07) is 17.5. The fourth-order valence-corrected chi connectivity index (χ4v) is 3.25. The van der Waals surface area contributed by atoms with E-state index in [-0.39, 0.29) is 5.75 Å². The summed E-state index contributed by atoms with van der Waals surface area (Å²) in [7, 11) is 1.58. The second-order valence-corrected chi connectivity index (χ2v) is 6.54. The van der Waals surface area contributed by atoms with Crippen LogP contribution in [0.1, 0.15) is 0 Å². The van der Waals surface area contributed by atoms with E-state index in [0.29, 0.717) is 27.8 Å². The van der Waals surface area contributed by atoms with Crippen molar-refractivity contribution in [3.05, 3.63) is 60.7 Å². The van der Waals surface area contributed by atoms with Gasteiger partial charge in [-0.05, 0) is 48.6 Å². The van der Waals surface area contributed by atoms with Crippen molar-refractivity contribution in [1.29, 1.82) is 0 Å². The third kappa shape index (κ3) is 4.07. The molecule has 0 spiro atoms. The standard InChI is InChI=1S/C21H16F2N2O3S/c1-26-19-10-15-14-4-2-3-5-17(14)28-18(15)11-16(19)25-21(29)24-12-6-8-13(9-7-12)27-20(22)23/h2-11,20H,1H3,(H2,24,25,29). The first-order valence-electron chi connectivity index (χ1n) is 8.65. The maximum absolute atomic E-state index is 12.2. The summed E-state index contributed by atoms with van der Waals surface area (Å²) in [5.74, 6) is 0.676. The number of nitrogens with one attached hydrogen (secondary N) is 2. The number of furan rings is 1. The van der Waals surface area contributed by atoms with Crippen molar-refractivity contribution in [2.24, 2.45) is 0 Å². The molecule has 0 amide bonds. The number of benzene rings is 3. The minimum Gasteiger partial charge on any atom is -0.495 e.